The molecule has 3 rings (SSSR count). The van der Waals surface area contributed by atoms with E-state index < -0.39 is 0 Å². The van der Waals surface area contributed by atoms with Gasteiger partial charge in [0.05, 0.1) is 5.52 Å². The third-order valence-corrected chi connectivity index (χ3v) is 4.66. The molecule has 0 bridgehead atoms. The fourth-order valence-electron chi connectivity index (χ4n) is 3.38. The molecule has 1 atom stereocenters. The van der Waals surface area contributed by atoms with Gasteiger partial charge in [-0.2, -0.15) is 0 Å². The lowest BCUT2D eigenvalue weighted by atomic mass is 10.1. The standard InChI is InChI=1S/C18H21FN2O2/c1-2-15-4-3-9-21(15)17(22)8-6-13-10-12-5-7-14(19)11-16(12)20-18(13)23/h5,7,10-11,15H,2-4,6,8-9H2,1H3,(H,20,23). The number of carbonyl (C=O) groups is 1. The number of aromatic amines is 1. The number of nitrogens with one attached hydrogen (secondary N) is 1. The SMILES string of the molecule is CCC1CCCN1C(=O)CCc1cc2ccc(F)cc2[nH]c1=O. The molecule has 1 N–H and O–H groups in total. The largest absolute Gasteiger partial charge is 0.340 e. The first-order valence-electron chi connectivity index (χ1n) is 8.19. The first-order valence-corrected chi connectivity index (χ1v) is 8.19. The number of carbonyl (C=O) groups excluding carboxylic acids is 1. The Hall–Kier alpha value is -2.17. The van der Waals surface area contributed by atoms with Crippen molar-refractivity contribution in [1.29, 1.82) is 0 Å². The predicted octanol–water partition coefficient (Wildman–Crippen LogP) is 3.00. The van der Waals surface area contributed by atoms with Gasteiger partial charge in [-0.1, -0.05) is 6.92 Å². The molecule has 122 valence electrons. The monoisotopic (exact) mass is 316 g/mol. The summed E-state index contributed by atoms with van der Waals surface area (Å²) in [5.74, 6) is -0.260. The molecule has 1 unspecified atom stereocenters. The average molecular weight is 316 g/mol. The zero-order valence-electron chi connectivity index (χ0n) is 13.3. The molecule has 1 aromatic heterocycles. The van der Waals surface area contributed by atoms with E-state index in [-0.39, 0.29) is 17.3 Å². The Kier molecular flexibility index (Phi) is 4.46. The van der Waals surface area contributed by atoms with E-state index in [9.17, 15) is 14.0 Å². The fourth-order valence-corrected chi connectivity index (χ4v) is 3.38. The van der Waals surface area contributed by atoms with Crippen molar-refractivity contribution >= 4 is 16.8 Å². The van der Waals surface area contributed by atoms with Crippen molar-refractivity contribution in [1.82, 2.24) is 9.88 Å². The summed E-state index contributed by atoms with van der Waals surface area (Å²) in [5, 5.41) is 0.779. The fraction of sp³-hybridized carbons (Fsp3) is 0.444. The van der Waals surface area contributed by atoms with Crippen LogP contribution in [0.2, 0.25) is 0 Å². The number of H-pyrrole nitrogens is 1. The molecule has 1 saturated heterocycles. The van der Waals surface area contributed by atoms with E-state index in [0.29, 0.717) is 30.0 Å². The normalized spacial score (nSPS) is 17.8. The molecule has 2 aromatic rings. The number of hydrogen-bond donors (Lipinski definition) is 1. The number of fused-ring (bicyclic) bond motifs is 1. The molecule has 1 aliphatic heterocycles. The summed E-state index contributed by atoms with van der Waals surface area (Å²) >= 11 is 0. The van der Waals surface area contributed by atoms with Gasteiger partial charge in [-0.05, 0) is 55.3 Å². The maximum atomic E-state index is 13.2. The van der Waals surface area contributed by atoms with Crippen LogP contribution >= 0.6 is 0 Å². The molecular weight excluding hydrogens is 295 g/mol. The van der Waals surface area contributed by atoms with Crippen LogP contribution in [0.1, 0.15) is 38.2 Å². The number of likely N-dealkylation sites (tertiary alicyclic amines) is 1. The Morgan fingerprint density at radius 3 is 3.00 bits per heavy atom. The first-order chi connectivity index (χ1) is 11.1. The van der Waals surface area contributed by atoms with Crippen LogP contribution in [0, 0.1) is 5.82 Å². The maximum absolute atomic E-state index is 13.2. The Morgan fingerprint density at radius 2 is 2.22 bits per heavy atom. The summed E-state index contributed by atoms with van der Waals surface area (Å²) in [6, 6.07) is 6.41. The number of hydrogen-bond acceptors (Lipinski definition) is 2. The lowest BCUT2D eigenvalue weighted by Gasteiger charge is -2.23. The second-order valence-corrected chi connectivity index (χ2v) is 6.15. The third-order valence-electron chi connectivity index (χ3n) is 4.66. The number of rotatable bonds is 4. The molecule has 0 spiro atoms. The van der Waals surface area contributed by atoms with E-state index in [4.69, 9.17) is 0 Å². The molecule has 4 nitrogen and oxygen atoms in total. The zero-order valence-corrected chi connectivity index (χ0v) is 13.3. The maximum Gasteiger partial charge on any atom is 0.251 e. The van der Waals surface area contributed by atoms with Crippen molar-refractivity contribution in [2.24, 2.45) is 0 Å². The van der Waals surface area contributed by atoms with Gasteiger partial charge in [-0.25, -0.2) is 4.39 Å². The summed E-state index contributed by atoms with van der Waals surface area (Å²) in [4.78, 5) is 29.1. The van der Waals surface area contributed by atoms with Crippen molar-refractivity contribution in [2.75, 3.05) is 6.54 Å². The summed E-state index contributed by atoms with van der Waals surface area (Å²) < 4.78 is 13.2. The molecule has 5 heteroatoms. The van der Waals surface area contributed by atoms with E-state index in [2.05, 4.69) is 11.9 Å². The molecule has 0 aliphatic carbocycles. The minimum atomic E-state index is -0.379. The van der Waals surface area contributed by atoms with E-state index in [1.54, 1.807) is 12.1 Å². The van der Waals surface area contributed by atoms with Gasteiger partial charge >= 0.3 is 0 Å². The van der Waals surface area contributed by atoms with E-state index in [0.717, 1.165) is 31.2 Å². The van der Waals surface area contributed by atoms with Gasteiger partial charge < -0.3 is 9.88 Å². The van der Waals surface area contributed by atoms with Crippen LogP contribution in [0.25, 0.3) is 10.9 Å². The van der Waals surface area contributed by atoms with Crippen LogP contribution in [-0.4, -0.2) is 28.4 Å². The quantitative estimate of drug-likeness (QED) is 0.943. The molecule has 1 fully saturated rings. The topological polar surface area (TPSA) is 53.2 Å². The van der Waals surface area contributed by atoms with Crippen LogP contribution in [0.15, 0.2) is 29.1 Å². The summed E-state index contributed by atoms with van der Waals surface area (Å²) in [5.41, 5.74) is 0.810. The highest BCUT2D eigenvalue weighted by Gasteiger charge is 2.26. The molecule has 1 aromatic carbocycles. The molecular formula is C18H21FN2O2. The lowest BCUT2D eigenvalue weighted by molar-refractivity contribution is -0.132. The molecule has 1 aliphatic rings. The Morgan fingerprint density at radius 1 is 1.39 bits per heavy atom. The molecule has 0 radical (unpaired) electrons. The second kappa shape index (κ2) is 6.52. The highest BCUT2D eigenvalue weighted by molar-refractivity contribution is 5.80. The highest BCUT2D eigenvalue weighted by Crippen LogP contribution is 2.21. The Balaban J connectivity index is 1.74. The van der Waals surface area contributed by atoms with Gasteiger partial charge in [0.2, 0.25) is 5.91 Å². The van der Waals surface area contributed by atoms with E-state index in [1.165, 1.54) is 12.1 Å². The third kappa shape index (κ3) is 3.28. The number of halogens is 1. The average Bonchev–Trinajstić information content (AvgIpc) is 3.01. The van der Waals surface area contributed by atoms with E-state index >= 15 is 0 Å². The first kappa shape index (κ1) is 15.7. The number of pyridine rings is 1. The molecule has 23 heavy (non-hydrogen) atoms. The summed E-state index contributed by atoms with van der Waals surface area (Å²) in [7, 11) is 0. The number of aryl methyl sites for hydroxylation is 1. The van der Waals surface area contributed by atoms with Crippen LogP contribution in [-0.2, 0) is 11.2 Å². The Labute approximate surface area is 134 Å². The zero-order chi connectivity index (χ0) is 16.4. The van der Waals surface area contributed by atoms with E-state index in [1.807, 2.05) is 4.90 Å². The van der Waals surface area contributed by atoms with Crippen LogP contribution in [0.4, 0.5) is 4.39 Å². The van der Waals surface area contributed by atoms with Crippen molar-refractivity contribution in [3.8, 4) is 0 Å². The van der Waals surface area contributed by atoms with Gasteiger partial charge in [-0.15, -0.1) is 0 Å². The van der Waals surface area contributed by atoms with Gasteiger partial charge in [0.1, 0.15) is 5.82 Å². The van der Waals surface area contributed by atoms with Crippen molar-refractivity contribution in [3.05, 3.63) is 46.0 Å². The van der Waals surface area contributed by atoms with Gasteiger partial charge in [-0.3, -0.25) is 9.59 Å². The highest BCUT2D eigenvalue weighted by atomic mass is 19.1. The van der Waals surface area contributed by atoms with Crippen molar-refractivity contribution in [3.63, 3.8) is 0 Å². The van der Waals surface area contributed by atoms with Crippen LogP contribution in [0.5, 0.6) is 0 Å². The molecule has 2 heterocycles. The lowest BCUT2D eigenvalue weighted by Crippen LogP contribution is -2.35. The predicted molar refractivity (Wildman–Crippen MR) is 87.9 cm³/mol. The van der Waals surface area contributed by atoms with Crippen LogP contribution in [0.3, 0.4) is 0 Å². The van der Waals surface area contributed by atoms with Gasteiger partial charge in [0, 0.05) is 24.6 Å². The number of amides is 1. The smallest absolute Gasteiger partial charge is 0.251 e. The van der Waals surface area contributed by atoms with Crippen molar-refractivity contribution in [2.45, 2.75) is 45.1 Å². The number of nitrogens with zero attached hydrogens (tertiary/aromatic N) is 1. The molecule has 1 amide bonds. The van der Waals surface area contributed by atoms with Crippen LogP contribution < -0.4 is 5.56 Å². The van der Waals surface area contributed by atoms with Gasteiger partial charge in [0.15, 0.2) is 0 Å². The minimum Gasteiger partial charge on any atom is -0.340 e. The summed E-state index contributed by atoms with van der Waals surface area (Å²) in [6.45, 7) is 2.92. The second-order valence-electron chi connectivity index (χ2n) is 6.15. The van der Waals surface area contributed by atoms with Crippen molar-refractivity contribution < 1.29 is 9.18 Å². The van der Waals surface area contributed by atoms with Gasteiger partial charge in [0.25, 0.3) is 5.56 Å². The summed E-state index contributed by atoms with van der Waals surface area (Å²) in [6.07, 6.45) is 3.87. The Bertz CT molecular complexity index is 784. The number of benzene rings is 1. The molecule has 0 saturated carbocycles. The minimum absolute atomic E-state index is 0.118. The number of aromatic nitrogens is 1.